The van der Waals surface area contributed by atoms with E-state index in [4.69, 9.17) is 15.7 Å². The van der Waals surface area contributed by atoms with Gasteiger partial charge < -0.3 is 15.5 Å². The molecule has 11 heteroatoms. The Morgan fingerprint density at radius 2 is 1.92 bits per heavy atom. The number of nitrogens with zero attached hydrogens (tertiary/aromatic N) is 5. The van der Waals surface area contributed by atoms with E-state index >= 15 is 0 Å². The van der Waals surface area contributed by atoms with Crippen LogP contribution < -0.4 is 15.5 Å². The van der Waals surface area contributed by atoms with Gasteiger partial charge in [0.2, 0.25) is 0 Å². The van der Waals surface area contributed by atoms with Crippen molar-refractivity contribution in [2.45, 2.75) is 43.0 Å². The summed E-state index contributed by atoms with van der Waals surface area (Å²) in [6.45, 7) is 2.23. The number of rotatable bonds is 3. The lowest BCUT2D eigenvalue weighted by Crippen LogP contribution is -2.44. The SMILES string of the molecule is CS(=O)(=O)c1cccc2c1CCCN2c1n[nH]c2nc(N3CCC4(CC3)Cc3cccc(F)c3[C@H]4N)cnc12. The monoisotopic (exact) mass is 547 g/mol. The first-order chi connectivity index (χ1) is 18.7. The molecule has 7 rings (SSSR count). The fourth-order valence-electron chi connectivity index (χ4n) is 6.83. The topological polar surface area (TPSA) is 121 Å². The number of aromatic nitrogens is 4. The molecule has 3 N–H and O–H groups in total. The number of halogens is 1. The van der Waals surface area contributed by atoms with Crippen molar-refractivity contribution in [3.8, 4) is 0 Å². The van der Waals surface area contributed by atoms with Crippen molar-refractivity contribution in [1.29, 1.82) is 0 Å². The molecule has 1 fully saturated rings. The highest BCUT2D eigenvalue weighted by molar-refractivity contribution is 7.90. The maximum atomic E-state index is 14.5. The van der Waals surface area contributed by atoms with Crippen molar-refractivity contribution in [3.63, 3.8) is 0 Å². The molecule has 1 aliphatic carbocycles. The molecule has 1 atom stereocenters. The largest absolute Gasteiger partial charge is 0.355 e. The Labute approximate surface area is 226 Å². The zero-order chi connectivity index (χ0) is 26.9. The van der Waals surface area contributed by atoms with Gasteiger partial charge >= 0.3 is 0 Å². The average Bonchev–Trinajstić information content (AvgIpc) is 3.47. The van der Waals surface area contributed by atoms with Gasteiger partial charge in [0.15, 0.2) is 26.8 Å². The molecule has 0 amide bonds. The van der Waals surface area contributed by atoms with E-state index in [2.05, 4.69) is 15.1 Å². The van der Waals surface area contributed by atoms with Crippen LogP contribution in [-0.4, -0.2) is 54.5 Å². The predicted molar refractivity (Wildman–Crippen MR) is 147 cm³/mol. The molecule has 0 unspecified atom stereocenters. The Morgan fingerprint density at radius 1 is 1.13 bits per heavy atom. The molecule has 2 aromatic carbocycles. The van der Waals surface area contributed by atoms with Crippen molar-refractivity contribution >= 4 is 38.3 Å². The number of aromatic amines is 1. The maximum Gasteiger partial charge on any atom is 0.183 e. The van der Waals surface area contributed by atoms with Crippen molar-refractivity contribution < 1.29 is 12.8 Å². The molecule has 2 aromatic heterocycles. The standard InChI is InChI=1S/C28H30FN7O2S/c1-39(37,38)21-9-3-8-20-18(21)6-4-12-36(20)27-24-26(33-34-27)32-22(16-31-24)35-13-10-28(11-14-35)15-17-5-2-7-19(29)23(17)25(28)30/h2-3,5,7-9,16,25H,4,6,10-15,30H2,1H3,(H,32,33,34)/t25-/m1/s1. The summed E-state index contributed by atoms with van der Waals surface area (Å²) >= 11 is 0. The molecule has 0 radical (unpaired) electrons. The minimum Gasteiger partial charge on any atom is -0.355 e. The summed E-state index contributed by atoms with van der Waals surface area (Å²) in [6.07, 6.45) is 7.05. The van der Waals surface area contributed by atoms with E-state index < -0.39 is 9.84 Å². The van der Waals surface area contributed by atoms with Gasteiger partial charge in [-0.2, -0.15) is 5.10 Å². The van der Waals surface area contributed by atoms with E-state index in [0.29, 0.717) is 40.4 Å². The van der Waals surface area contributed by atoms with Crippen molar-refractivity contribution in [2.24, 2.45) is 11.1 Å². The van der Waals surface area contributed by atoms with Gasteiger partial charge in [-0.1, -0.05) is 18.2 Å². The third-order valence-corrected chi connectivity index (χ3v) is 10.0. The molecular formula is C28H30FN7O2S. The Balaban J connectivity index is 1.14. The van der Waals surface area contributed by atoms with Gasteiger partial charge in [-0.05, 0) is 66.8 Å². The summed E-state index contributed by atoms with van der Waals surface area (Å²) in [5, 5.41) is 7.59. The smallest absolute Gasteiger partial charge is 0.183 e. The number of hydrogen-bond donors (Lipinski definition) is 2. The Kier molecular flexibility index (Phi) is 5.47. The van der Waals surface area contributed by atoms with Crippen LogP contribution in [0.25, 0.3) is 11.2 Å². The first-order valence-corrected chi connectivity index (χ1v) is 15.2. The zero-order valence-electron chi connectivity index (χ0n) is 21.7. The van der Waals surface area contributed by atoms with Crippen LogP contribution in [0.2, 0.25) is 0 Å². The summed E-state index contributed by atoms with van der Waals surface area (Å²) in [5.41, 5.74) is 11.1. The molecule has 3 aliphatic rings. The van der Waals surface area contributed by atoms with Gasteiger partial charge in [0.1, 0.15) is 11.6 Å². The highest BCUT2D eigenvalue weighted by atomic mass is 32.2. The number of nitrogens with one attached hydrogen (secondary N) is 1. The van der Waals surface area contributed by atoms with Crippen LogP contribution in [0.5, 0.6) is 0 Å². The Morgan fingerprint density at radius 3 is 2.69 bits per heavy atom. The molecule has 1 spiro atoms. The maximum absolute atomic E-state index is 14.5. The fraction of sp³-hybridized carbons (Fsp3) is 0.393. The minimum absolute atomic E-state index is 0.133. The molecule has 1 saturated heterocycles. The van der Waals surface area contributed by atoms with Crippen molar-refractivity contribution in [2.75, 3.05) is 35.7 Å². The summed E-state index contributed by atoms with van der Waals surface area (Å²) in [4.78, 5) is 14.2. The van der Waals surface area contributed by atoms with E-state index in [1.165, 1.54) is 12.3 Å². The number of H-pyrrole nitrogens is 1. The van der Waals surface area contributed by atoms with E-state index in [0.717, 1.165) is 61.4 Å². The van der Waals surface area contributed by atoms with Gasteiger partial charge in [-0.3, -0.25) is 5.10 Å². The van der Waals surface area contributed by atoms with E-state index in [1.807, 2.05) is 17.0 Å². The highest BCUT2D eigenvalue weighted by Gasteiger charge is 2.47. The molecule has 4 heterocycles. The molecule has 2 aliphatic heterocycles. The van der Waals surface area contributed by atoms with Gasteiger partial charge in [0.25, 0.3) is 0 Å². The third-order valence-electron chi connectivity index (χ3n) is 8.84. The fourth-order valence-corrected chi connectivity index (χ4v) is 7.81. The second-order valence-electron chi connectivity index (χ2n) is 11.1. The number of anilines is 3. The van der Waals surface area contributed by atoms with Gasteiger partial charge in [-0.25, -0.2) is 22.8 Å². The molecule has 9 nitrogen and oxygen atoms in total. The van der Waals surface area contributed by atoms with Crippen LogP contribution in [0.15, 0.2) is 47.5 Å². The number of fused-ring (bicyclic) bond motifs is 3. The second-order valence-corrected chi connectivity index (χ2v) is 13.1. The average molecular weight is 548 g/mol. The van der Waals surface area contributed by atoms with Crippen LogP contribution in [0, 0.1) is 11.2 Å². The molecule has 202 valence electrons. The second kappa shape index (κ2) is 8.72. The number of benzene rings is 2. The summed E-state index contributed by atoms with van der Waals surface area (Å²) in [5.74, 6) is 1.21. The number of piperidine rings is 1. The summed E-state index contributed by atoms with van der Waals surface area (Å²) in [6, 6.07) is 10.4. The number of nitrogens with two attached hydrogens (primary N) is 1. The predicted octanol–water partition coefficient (Wildman–Crippen LogP) is 3.82. The minimum atomic E-state index is -3.34. The van der Waals surface area contributed by atoms with Gasteiger partial charge in [0, 0.05) is 43.2 Å². The quantitative estimate of drug-likeness (QED) is 0.397. The van der Waals surface area contributed by atoms with Crippen LogP contribution >= 0.6 is 0 Å². The molecule has 0 saturated carbocycles. The molecule has 0 bridgehead atoms. The van der Waals surface area contributed by atoms with E-state index in [1.54, 1.807) is 24.4 Å². The van der Waals surface area contributed by atoms with Crippen LogP contribution in [0.4, 0.5) is 21.7 Å². The highest BCUT2D eigenvalue weighted by Crippen LogP contribution is 2.51. The van der Waals surface area contributed by atoms with Crippen molar-refractivity contribution in [1.82, 2.24) is 20.2 Å². The van der Waals surface area contributed by atoms with E-state index in [-0.39, 0.29) is 17.3 Å². The Bertz CT molecular complexity index is 1710. The molecule has 4 aromatic rings. The summed E-state index contributed by atoms with van der Waals surface area (Å²) < 4.78 is 39.3. The summed E-state index contributed by atoms with van der Waals surface area (Å²) in [7, 11) is -3.34. The first kappa shape index (κ1) is 24.5. The van der Waals surface area contributed by atoms with Crippen molar-refractivity contribution in [3.05, 3.63) is 65.1 Å². The first-order valence-electron chi connectivity index (χ1n) is 13.3. The lowest BCUT2D eigenvalue weighted by Gasteiger charge is -2.42. The lowest BCUT2D eigenvalue weighted by molar-refractivity contribution is 0.185. The van der Waals surface area contributed by atoms with Gasteiger partial charge in [-0.15, -0.1) is 0 Å². The number of hydrogen-bond acceptors (Lipinski definition) is 8. The van der Waals surface area contributed by atoms with Gasteiger partial charge in [0.05, 0.1) is 11.1 Å². The molecule has 39 heavy (non-hydrogen) atoms. The van der Waals surface area contributed by atoms with Crippen LogP contribution in [-0.2, 0) is 22.7 Å². The van der Waals surface area contributed by atoms with Crippen LogP contribution in [0.3, 0.4) is 0 Å². The zero-order valence-corrected chi connectivity index (χ0v) is 22.5. The number of sulfone groups is 1. The van der Waals surface area contributed by atoms with Crippen LogP contribution in [0.1, 0.15) is 42.0 Å². The molecular weight excluding hydrogens is 517 g/mol. The lowest BCUT2D eigenvalue weighted by atomic mass is 9.73. The van der Waals surface area contributed by atoms with E-state index in [9.17, 15) is 12.8 Å². The Hall–Kier alpha value is -3.57. The normalized spacial score (nSPS) is 20.4. The third kappa shape index (κ3) is 3.81.